The van der Waals surface area contributed by atoms with Crippen LogP contribution in [0.2, 0.25) is 0 Å². The first-order chi connectivity index (χ1) is 12.1. The van der Waals surface area contributed by atoms with Crippen molar-refractivity contribution in [1.82, 2.24) is 9.47 Å². The van der Waals surface area contributed by atoms with Crippen molar-refractivity contribution in [3.8, 4) is 0 Å². The van der Waals surface area contributed by atoms with Crippen LogP contribution in [0.25, 0.3) is 10.9 Å². The number of para-hydroxylation sites is 1. The lowest BCUT2D eigenvalue weighted by Gasteiger charge is -2.32. The number of fused-ring (bicyclic) bond motifs is 1. The number of hydrogen-bond acceptors (Lipinski definition) is 1. The average molecular weight is 336 g/mol. The van der Waals surface area contributed by atoms with Gasteiger partial charge < -0.3 is 9.47 Å². The third kappa shape index (κ3) is 2.82. The smallest absolute Gasteiger partial charge is 0.256 e. The molecular weight excluding hydrogens is 315 g/mol. The van der Waals surface area contributed by atoms with Gasteiger partial charge in [-0.3, -0.25) is 4.79 Å². The minimum absolute atomic E-state index is 0.172. The van der Waals surface area contributed by atoms with Crippen molar-refractivity contribution in [3.63, 3.8) is 0 Å². The summed E-state index contributed by atoms with van der Waals surface area (Å²) in [6, 6.07) is 14.7. The zero-order valence-electron chi connectivity index (χ0n) is 14.3. The predicted octanol–water partition coefficient (Wildman–Crippen LogP) is 4.34. The number of nitrogens with zero attached hydrogens (tertiary/aromatic N) is 2. The van der Waals surface area contributed by atoms with E-state index in [2.05, 4.69) is 42.1 Å². The van der Waals surface area contributed by atoms with Gasteiger partial charge in [0, 0.05) is 37.2 Å². The van der Waals surface area contributed by atoms with E-state index in [9.17, 15) is 9.18 Å². The number of carbonyl (C=O) groups excluding carboxylic acids is 1. The van der Waals surface area contributed by atoms with Crippen LogP contribution < -0.4 is 0 Å². The van der Waals surface area contributed by atoms with Crippen LogP contribution in [0.4, 0.5) is 4.39 Å². The van der Waals surface area contributed by atoms with E-state index >= 15 is 0 Å². The number of hydrogen-bond donors (Lipinski definition) is 0. The summed E-state index contributed by atoms with van der Waals surface area (Å²) >= 11 is 0. The molecule has 0 aliphatic carbocycles. The molecule has 0 N–H and O–H groups in total. The van der Waals surface area contributed by atoms with Gasteiger partial charge in [-0.15, -0.1) is 0 Å². The summed E-state index contributed by atoms with van der Waals surface area (Å²) in [4.78, 5) is 14.3. The molecule has 3 aromatic rings. The van der Waals surface area contributed by atoms with Crippen LogP contribution in [0, 0.1) is 5.82 Å². The number of benzene rings is 2. The Morgan fingerprint density at radius 1 is 1.04 bits per heavy atom. The Kier molecular flexibility index (Phi) is 4.04. The van der Waals surface area contributed by atoms with Gasteiger partial charge in [-0.25, -0.2) is 4.39 Å². The van der Waals surface area contributed by atoms with E-state index in [4.69, 9.17) is 0 Å². The maximum atomic E-state index is 13.9. The number of halogens is 1. The van der Waals surface area contributed by atoms with E-state index in [0.717, 1.165) is 12.8 Å². The summed E-state index contributed by atoms with van der Waals surface area (Å²) in [6.07, 6.45) is 4.03. The molecule has 1 aliphatic rings. The zero-order valence-corrected chi connectivity index (χ0v) is 14.3. The van der Waals surface area contributed by atoms with Crippen molar-refractivity contribution < 1.29 is 9.18 Å². The van der Waals surface area contributed by atoms with Crippen LogP contribution in [0.5, 0.6) is 0 Å². The Labute approximate surface area is 146 Å². The Hall–Kier alpha value is -2.62. The molecule has 1 fully saturated rings. The molecule has 2 aromatic carbocycles. The predicted molar refractivity (Wildman–Crippen MR) is 97.2 cm³/mol. The summed E-state index contributed by atoms with van der Waals surface area (Å²) in [5.74, 6) is -0.200. The molecule has 0 saturated carbocycles. The van der Waals surface area contributed by atoms with Crippen LogP contribution >= 0.6 is 0 Å². The lowest BCUT2D eigenvalue weighted by molar-refractivity contribution is 0.0708. The molecule has 128 valence electrons. The van der Waals surface area contributed by atoms with E-state index in [1.54, 1.807) is 23.1 Å². The molecule has 0 spiro atoms. The molecule has 1 saturated heterocycles. The zero-order chi connectivity index (χ0) is 17.4. The van der Waals surface area contributed by atoms with Gasteiger partial charge >= 0.3 is 0 Å². The maximum absolute atomic E-state index is 13.9. The van der Waals surface area contributed by atoms with Crippen molar-refractivity contribution >= 4 is 16.8 Å². The third-order valence-electron chi connectivity index (χ3n) is 5.25. The van der Waals surface area contributed by atoms with E-state index in [1.165, 1.54) is 22.5 Å². The first kappa shape index (κ1) is 15.9. The summed E-state index contributed by atoms with van der Waals surface area (Å²) in [5.41, 5.74) is 2.77. The quantitative estimate of drug-likeness (QED) is 0.683. The normalized spacial score (nSPS) is 15.7. The van der Waals surface area contributed by atoms with Crippen LogP contribution in [-0.2, 0) is 7.05 Å². The molecule has 1 aromatic heterocycles. The first-order valence-corrected chi connectivity index (χ1v) is 8.73. The second kappa shape index (κ2) is 6.36. The average Bonchev–Trinajstić information content (AvgIpc) is 2.99. The largest absolute Gasteiger partial charge is 0.350 e. The van der Waals surface area contributed by atoms with Gasteiger partial charge in [-0.1, -0.05) is 30.3 Å². The monoisotopic (exact) mass is 336 g/mol. The second-order valence-electron chi connectivity index (χ2n) is 6.76. The molecule has 0 unspecified atom stereocenters. The SMILES string of the molecule is Cn1cc(C2CCN(C(=O)c3ccccc3F)CC2)c2ccccc21. The number of piperidine rings is 1. The number of aryl methyl sites for hydroxylation is 1. The van der Waals surface area contributed by atoms with Crippen molar-refractivity contribution in [1.29, 1.82) is 0 Å². The molecule has 25 heavy (non-hydrogen) atoms. The molecule has 1 aliphatic heterocycles. The maximum Gasteiger partial charge on any atom is 0.256 e. The summed E-state index contributed by atoms with van der Waals surface area (Å²) in [5, 5.41) is 1.30. The van der Waals surface area contributed by atoms with Crippen molar-refractivity contribution in [3.05, 3.63) is 71.7 Å². The van der Waals surface area contributed by atoms with Gasteiger partial charge in [0.25, 0.3) is 5.91 Å². The van der Waals surface area contributed by atoms with E-state index < -0.39 is 5.82 Å². The van der Waals surface area contributed by atoms with Gasteiger partial charge in [-0.2, -0.15) is 0 Å². The lowest BCUT2D eigenvalue weighted by Crippen LogP contribution is -2.38. The van der Waals surface area contributed by atoms with Gasteiger partial charge in [0.05, 0.1) is 5.56 Å². The number of carbonyl (C=O) groups is 1. The third-order valence-corrected chi connectivity index (χ3v) is 5.25. The standard InChI is InChI=1S/C21H21FN2O/c1-23-14-18(16-6-3-5-9-20(16)23)15-10-12-24(13-11-15)21(25)17-7-2-4-8-19(17)22/h2-9,14-15H,10-13H2,1H3. The topological polar surface area (TPSA) is 25.2 Å². The molecule has 1 amide bonds. The molecule has 0 bridgehead atoms. The highest BCUT2D eigenvalue weighted by Crippen LogP contribution is 2.34. The Bertz CT molecular complexity index is 923. The fraction of sp³-hybridized carbons (Fsp3) is 0.286. The van der Waals surface area contributed by atoms with Gasteiger partial charge in [0.1, 0.15) is 5.82 Å². The van der Waals surface area contributed by atoms with E-state index in [1.807, 2.05) is 0 Å². The van der Waals surface area contributed by atoms with Crippen molar-refractivity contribution in [2.45, 2.75) is 18.8 Å². The van der Waals surface area contributed by atoms with Gasteiger partial charge in [-0.05, 0) is 42.5 Å². The second-order valence-corrected chi connectivity index (χ2v) is 6.76. The Morgan fingerprint density at radius 3 is 2.48 bits per heavy atom. The van der Waals surface area contributed by atoms with Crippen LogP contribution in [0.3, 0.4) is 0 Å². The van der Waals surface area contributed by atoms with Gasteiger partial charge in [0.15, 0.2) is 0 Å². The summed E-state index contributed by atoms with van der Waals surface area (Å²) in [6.45, 7) is 1.34. The van der Waals surface area contributed by atoms with Crippen LogP contribution in [0.15, 0.2) is 54.7 Å². The number of amides is 1. The number of aromatic nitrogens is 1. The van der Waals surface area contributed by atoms with Crippen molar-refractivity contribution in [2.75, 3.05) is 13.1 Å². The molecule has 4 rings (SSSR count). The van der Waals surface area contributed by atoms with E-state index in [0.29, 0.717) is 19.0 Å². The minimum atomic E-state index is -0.441. The highest BCUT2D eigenvalue weighted by Gasteiger charge is 2.27. The molecule has 3 nitrogen and oxygen atoms in total. The van der Waals surface area contributed by atoms with Crippen molar-refractivity contribution in [2.24, 2.45) is 7.05 Å². The van der Waals surface area contributed by atoms with E-state index in [-0.39, 0.29) is 11.5 Å². The molecular formula is C21H21FN2O. The first-order valence-electron chi connectivity index (χ1n) is 8.73. The lowest BCUT2D eigenvalue weighted by atomic mass is 9.89. The number of likely N-dealkylation sites (tertiary alicyclic amines) is 1. The highest BCUT2D eigenvalue weighted by atomic mass is 19.1. The summed E-state index contributed by atoms with van der Waals surface area (Å²) < 4.78 is 16.0. The molecule has 2 heterocycles. The van der Waals surface area contributed by atoms with Crippen LogP contribution in [-0.4, -0.2) is 28.5 Å². The Balaban J connectivity index is 1.52. The molecule has 0 atom stereocenters. The highest BCUT2D eigenvalue weighted by molar-refractivity contribution is 5.94. The summed E-state index contributed by atoms with van der Waals surface area (Å²) in [7, 11) is 2.07. The molecule has 0 radical (unpaired) electrons. The number of rotatable bonds is 2. The fourth-order valence-corrected chi connectivity index (χ4v) is 3.90. The minimum Gasteiger partial charge on any atom is -0.350 e. The Morgan fingerprint density at radius 2 is 1.72 bits per heavy atom. The fourth-order valence-electron chi connectivity index (χ4n) is 3.90. The van der Waals surface area contributed by atoms with Crippen LogP contribution in [0.1, 0.15) is 34.7 Å². The molecule has 4 heteroatoms. The van der Waals surface area contributed by atoms with Gasteiger partial charge in [0.2, 0.25) is 0 Å².